The fraction of sp³-hybridized carbons (Fsp3) is 0.286. The van der Waals surface area contributed by atoms with Gasteiger partial charge in [-0.1, -0.05) is 24.3 Å². The van der Waals surface area contributed by atoms with E-state index < -0.39 is 12.1 Å². The van der Waals surface area contributed by atoms with Gasteiger partial charge in [-0.2, -0.15) is 0 Å². The third-order valence-electron chi connectivity index (χ3n) is 2.68. The Bertz CT molecular complexity index is 468. The number of rotatable bonds is 5. The maximum absolute atomic E-state index is 11.8. The Kier molecular flexibility index (Phi) is 5.11. The summed E-state index contributed by atoms with van der Waals surface area (Å²) in [7, 11) is 1.50. The quantitative estimate of drug-likeness (QED) is 0.500. The summed E-state index contributed by atoms with van der Waals surface area (Å²) in [6, 6.07) is 6.35. The van der Waals surface area contributed by atoms with Crippen LogP contribution in [0.15, 0.2) is 36.4 Å². The lowest BCUT2D eigenvalue weighted by Gasteiger charge is -2.23. The van der Waals surface area contributed by atoms with Crippen LogP contribution in [-0.4, -0.2) is 30.4 Å². The molecule has 0 aliphatic heterocycles. The number of aldehydes is 1. The van der Waals surface area contributed by atoms with Crippen LogP contribution in [0.25, 0.3) is 0 Å². The lowest BCUT2D eigenvalue weighted by atomic mass is 10.1. The van der Waals surface area contributed by atoms with E-state index in [4.69, 9.17) is 10.5 Å². The standard InChI is InChI=1S/C14H18N2O3/c1-10(2)13(8-17)16(3)14(18)19-9-11-4-6-12(15)7-5-11/h4-8,13H,1,9,15H2,2-3H3/t13-/m1/s1. The molecule has 0 aliphatic rings. The van der Waals surface area contributed by atoms with E-state index in [0.717, 1.165) is 5.56 Å². The zero-order valence-corrected chi connectivity index (χ0v) is 11.1. The van der Waals surface area contributed by atoms with Gasteiger partial charge in [-0.05, 0) is 24.6 Å². The summed E-state index contributed by atoms with van der Waals surface area (Å²) in [4.78, 5) is 23.9. The molecule has 2 N–H and O–H groups in total. The first-order valence-electron chi connectivity index (χ1n) is 5.80. The molecule has 102 valence electrons. The SMILES string of the molecule is C=C(C)[C@@H](C=O)N(C)C(=O)OCc1ccc(N)cc1. The van der Waals surface area contributed by atoms with Gasteiger partial charge < -0.3 is 15.3 Å². The van der Waals surface area contributed by atoms with E-state index in [1.165, 1.54) is 11.9 Å². The number of nitrogens with zero attached hydrogens (tertiary/aromatic N) is 1. The number of hydrogen-bond acceptors (Lipinski definition) is 4. The Balaban J connectivity index is 2.57. The molecule has 0 aromatic heterocycles. The third-order valence-corrected chi connectivity index (χ3v) is 2.68. The van der Waals surface area contributed by atoms with E-state index >= 15 is 0 Å². The molecule has 0 fully saturated rings. The minimum absolute atomic E-state index is 0.130. The summed E-state index contributed by atoms with van der Waals surface area (Å²) in [6.45, 7) is 5.48. The molecule has 0 saturated carbocycles. The van der Waals surface area contributed by atoms with Crippen molar-refractivity contribution in [2.75, 3.05) is 12.8 Å². The monoisotopic (exact) mass is 262 g/mol. The van der Waals surface area contributed by atoms with E-state index in [9.17, 15) is 9.59 Å². The van der Waals surface area contributed by atoms with Crippen LogP contribution in [0, 0.1) is 0 Å². The van der Waals surface area contributed by atoms with Crippen molar-refractivity contribution in [1.82, 2.24) is 4.90 Å². The number of hydrogen-bond donors (Lipinski definition) is 1. The topological polar surface area (TPSA) is 72.6 Å². The Morgan fingerprint density at radius 1 is 1.47 bits per heavy atom. The molecule has 0 saturated heterocycles. The molecule has 5 heteroatoms. The molecule has 0 bridgehead atoms. The second-order valence-electron chi connectivity index (χ2n) is 4.33. The van der Waals surface area contributed by atoms with Crippen molar-refractivity contribution < 1.29 is 14.3 Å². The highest BCUT2D eigenvalue weighted by atomic mass is 16.6. The number of anilines is 1. The molecule has 1 aromatic carbocycles. The molecule has 5 nitrogen and oxygen atoms in total. The molecule has 0 heterocycles. The fourth-order valence-electron chi connectivity index (χ4n) is 1.51. The van der Waals surface area contributed by atoms with Gasteiger partial charge in [0.15, 0.2) is 0 Å². The number of carbonyl (C=O) groups is 2. The molecular weight excluding hydrogens is 244 g/mol. The van der Waals surface area contributed by atoms with Crippen LogP contribution in [0.4, 0.5) is 10.5 Å². The first-order valence-corrected chi connectivity index (χ1v) is 5.80. The van der Waals surface area contributed by atoms with E-state index in [1.807, 2.05) is 0 Å². The first kappa shape index (κ1) is 14.8. The van der Waals surface area contributed by atoms with Crippen LogP contribution in [0.3, 0.4) is 0 Å². The molecule has 1 aromatic rings. The van der Waals surface area contributed by atoms with Gasteiger partial charge in [-0.15, -0.1) is 0 Å². The number of ether oxygens (including phenoxy) is 1. The summed E-state index contributed by atoms with van der Waals surface area (Å²) in [5, 5.41) is 0. The Morgan fingerprint density at radius 3 is 2.53 bits per heavy atom. The highest BCUT2D eigenvalue weighted by molar-refractivity contribution is 5.75. The van der Waals surface area contributed by atoms with Gasteiger partial charge in [0, 0.05) is 12.7 Å². The van der Waals surface area contributed by atoms with E-state index in [2.05, 4.69) is 6.58 Å². The molecule has 1 rings (SSSR count). The average molecular weight is 262 g/mol. The molecule has 0 radical (unpaired) electrons. The molecule has 0 spiro atoms. The number of nitrogens with two attached hydrogens (primary N) is 1. The largest absolute Gasteiger partial charge is 0.445 e. The van der Waals surface area contributed by atoms with Gasteiger partial charge in [0.05, 0.1) is 0 Å². The predicted octanol–water partition coefficient (Wildman–Crippen LogP) is 1.98. The molecule has 1 amide bonds. The highest BCUT2D eigenvalue weighted by Crippen LogP contribution is 2.10. The predicted molar refractivity (Wildman–Crippen MR) is 73.5 cm³/mol. The van der Waals surface area contributed by atoms with Crippen LogP contribution in [0.2, 0.25) is 0 Å². The maximum Gasteiger partial charge on any atom is 0.410 e. The van der Waals surface area contributed by atoms with Crippen LogP contribution < -0.4 is 5.73 Å². The van der Waals surface area contributed by atoms with Gasteiger partial charge in [0.2, 0.25) is 0 Å². The summed E-state index contributed by atoms with van der Waals surface area (Å²) < 4.78 is 5.11. The second-order valence-corrected chi connectivity index (χ2v) is 4.33. The summed E-state index contributed by atoms with van der Waals surface area (Å²) >= 11 is 0. The van der Waals surface area contributed by atoms with Crippen molar-refractivity contribution >= 4 is 18.1 Å². The van der Waals surface area contributed by atoms with E-state index in [1.54, 1.807) is 31.2 Å². The van der Waals surface area contributed by atoms with Crippen molar-refractivity contribution in [2.45, 2.75) is 19.6 Å². The van der Waals surface area contributed by atoms with Gasteiger partial charge >= 0.3 is 6.09 Å². The van der Waals surface area contributed by atoms with Crippen molar-refractivity contribution in [1.29, 1.82) is 0 Å². The zero-order valence-electron chi connectivity index (χ0n) is 11.1. The lowest BCUT2D eigenvalue weighted by Crippen LogP contribution is -2.39. The number of carbonyl (C=O) groups excluding carboxylic acids is 2. The van der Waals surface area contributed by atoms with Crippen molar-refractivity contribution in [3.05, 3.63) is 42.0 Å². The summed E-state index contributed by atoms with van der Waals surface area (Å²) in [5.41, 5.74) is 7.62. The Hall–Kier alpha value is -2.30. The smallest absolute Gasteiger partial charge is 0.410 e. The minimum Gasteiger partial charge on any atom is -0.445 e. The lowest BCUT2D eigenvalue weighted by molar-refractivity contribution is -0.110. The summed E-state index contributed by atoms with van der Waals surface area (Å²) in [6.07, 6.45) is 0.0872. The summed E-state index contributed by atoms with van der Waals surface area (Å²) in [5.74, 6) is 0. The minimum atomic E-state index is -0.668. The van der Waals surface area contributed by atoms with Gasteiger partial charge in [0.1, 0.15) is 18.9 Å². The molecule has 0 aliphatic carbocycles. The molecular formula is C14H18N2O3. The van der Waals surface area contributed by atoms with E-state index in [0.29, 0.717) is 17.5 Å². The van der Waals surface area contributed by atoms with E-state index in [-0.39, 0.29) is 6.61 Å². The second kappa shape index (κ2) is 6.58. The maximum atomic E-state index is 11.8. The van der Waals surface area contributed by atoms with Crippen LogP contribution >= 0.6 is 0 Å². The van der Waals surface area contributed by atoms with Crippen LogP contribution in [0.1, 0.15) is 12.5 Å². The molecule has 0 unspecified atom stereocenters. The van der Waals surface area contributed by atoms with Crippen molar-refractivity contribution in [2.24, 2.45) is 0 Å². The van der Waals surface area contributed by atoms with Crippen LogP contribution in [-0.2, 0) is 16.1 Å². The average Bonchev–Trinajstić information content (AvgIpc) is 2.38. The van der Waals surface area contributed by atoms with Gasteiger partial charge in [-0.3, -0.25) is 4.90 Å². The first-order chi connectivity index (χ1) is 8.95. The third kappa shape index (κ3) is 4.13. The zero-order chi connectivity index (χ0) is 14.4. The van der Waals surface area contributed by atoms with Crippen molar-refractivity contribution in [3.8, 4) is 0 Å². The van der Waals surface area contributed by atoms with Gasteiger partial charge in [0.25, 0.3) is 0 Å². The fourth-order valence-corrected chi connectivity index (χ4v) is 1.51. The number of likely N-dealkylation sites (N-methyl/N-ethyl adjacent to an activating group) is 1. The molecule has 1 atom stereocenters. The Labute approximate surface area is 112 Å². The number of amides is 1. The molecule has 19 heavy (non-hydrogen) atoms. The Morgan fingerprint density at radius 2 is 2.05 bits per heavy atom. The van der Waals surface area contributed by atoms with Crippen molar-refractivity contribution in [3.63, 3.8) is 0 Å². The highest BCUT2D eigenvalue weighted by Gasteiger charge is 2.20. The van der Waals surface area contributed by atoms with Gasteiger partial charge in [-0.25, -0.2) is 4.79 Å². The number of nitrogen functional groups attached to an aromatic ring is 1. The number of benzene rings is 1. The normalized spacial score (nSPS) is 11.5. The van der Waals surface area contributed by atoms with Crippen LogP contribution in [0.5, 0.6) is 0 Å².